The van der Waals surface area contributed by atoms with E-state index in [4.69, 9.17) is 0 Å². The highest BCUT2D eigenvalue weighted by Crippen LogP contribution is 2.47. The molecule has 0 bridgehead atoms. The lowest BCUT2D eigenvalue weighted by molar-refractivity contribution is -0.135. The van der Waals surface area contributed by atoms with E-state index in [0.29, 0.717) is 38.5 Å². The van der Waals surface area contributed by atoms with Gasteiger partial charge in [-0.05, 0) is 81.5 Å². The summed E-state index contributed by atoms with van der Waals surface area (Å²) in [5, 5.41) is 11.9. The zero-order valence-corrected chi connectivity index (χ0v) is 34.1. The SMILES string of the molecule is CC(C)C[C@H](NC(=O)[C@H](CCc1ccccc1)NC(=O)CCCN1CCN(C)CC1)C(=O)N[C@@H](Cc1ccccc1)C(=O)N[C@@H](CC(C)C)C(=O)C1(C)CC1. The smallest absolute Gasteiger partial charge is 0.243 e. The summed E-state index contributed by atoms with van der Waals surface area (Å²) in [7, 11) is 2.11. The summed E-state index contributed by atoms with van der Waals surface area (Å²) >= 11 is 0. The summed E-state index contributed by atoms with van der Waals surface area (Å²) in [4.78, 5) is 73.6. The van der Waals surface area contributed by atoms with Crippen LogP contribution in [-0.4, -0.2) is 103 Å². The van der Waals surface area contributed by atoms with Crippen LogP contribution in [0.25, 0.3) is 0 Å². The molecule has 1 saturated heterocycles. The van der Waals surface area contributed by atoms with Gasteiger partial charge in [-0.15, -0.1) is 0 Å². The second kappa shape index (κ2) is 21.3. The van der Waals surface area contributed by atoms with E-state index in [2.05, 4.69) is 38.1 Å². The van der Waals surface area contributed by atoms with Gasteiger partial charge in [0, 0.05) is 44.4 Å². The Kier molecular flexibility index (Phi) is 16.9. The van der Waals surface area contributed by atoms with Crippen LogP contribution in [0.5, 0.6) is 0 Å². The maximum atomic E-state index is 14.2. The summed E-state index contributed by atoms with van der Waals surface area (Å²) in [5.41, 5.74) is 1.47. The van der Waals surface area contributed by atoms with Gasteiger partial charge in [-0.2, -0.15) is 0 Å². The second-order valence-electron chi connectivity index (χ2n) is 17.0. The van der Waals surface area contributed by atoms with Crippen molar-refractivity contribution in [1.29, 1.82) is 0 Å². The third kappa shape index (κ3) is 14.8. The number of carbonyl (C=O) groups is 5. The molecule has 302 valence electrons. The predicted octanol–water partition coefficient (Wildman–Crippen LogP) is 4.29. The molecular weight excluding hydrogens is 693 g/mol. The van der Waals surface area contributed by atoms with Crippen LogP contribution in [-0.2, 0) is 36.8 Å². The number of Topliss-reactive ketones (excluding diaryl/α,β-unsaturated/α-hetero) is 1. The van der Waals surface area contributed by atoms with E-state index >= 15 is 0 Å². The van der Waals surface area contributed by atoms with E-state index in [-0.39, 0.29) is 29.9 Å². The van der Waals surface area contributed by atoms with Crippen LogP contribution in [0.1, 0.15) is 90.7 Å². The highest BCUT2D eigenvalue weighted by Gasteiger charge is 2.48. The number of likely N-dealkylation sites (N-methyl/N-ethyl adjacent to an activating group) is 1. The fraction of sp³-hybridized carbons (Fsp3) is 0.614. The summed E-state index contributed by atoms with van der Waals surface area (Å²) in [5.74, 6) is -1.30. The minimum absolute atomic E-state index is 0.0344. The van der Waals surface area contributed by atoms with Crippen molar-refractivity contribution in [3.05, 3.63) is 71.8 Å². The first-order valence-corrected chi connectivity index (χ1v) is 20.5. The van der Waals surface area contributed by atoms with Gasteiger partial charge >= 0.3 is 0 Å². The summed E-state index contributed by atoms with van der Waals surface area (Å²) in [6.07, 6.45) is 4.57. The molecule has 55 heavy (non-hydrogen) atoms. The van der Waals surface area contributed by atoms with Crippen molar-refractivity contribution in [3.63, 3.8) is 0 Å². The van der Waals surface area contributed by atoms with Crippen molar-refractivity contribution in [2.75, 3.05) is 39.8 Å². The molecular formula is C44H66N6O5. The number of piperazine rings is 1. The van der Waals surface area contributed by atoms with Gasteiger partial charge in [-0.3, -0.25) is 24.0 Å². The molecule has 11 nitrogen and oxygen atoms in total. The highest BCUT2D eigenvalue weighted by molar-refractivity contribution is 5.97. The molecule has 0 aromatic heterocycles. The lowest BCUT2D eigenvalue weighted by atomic mass is 9.91. The Balaban J connectivity index is 1.47. The Labute approximate surface area is 329 Å². The van der Waals surface area contributed by atoms with E-state index in [0.717, 1.165) is 56.7 Å². The van der Waals surface area contributed by atoms with Gasteiger partial charge in [0.15, 0.2) is 5.78 Å². The number of benzene rings is 2. The summed E-state index contributed by atoms with van der Waals surface area (Å²) in [6, 6.07) is 15.8. The molecule has 11 heteroatoms. The fourth-order valence-electron chi connectivity index (χ4n) is 7.16. The molecule has 1 heterocycles. The number of hydrogen-bond donors (Lipinski definition) is 4. The van der Waals surface area contributed by atoms with E-state index in [1.54, 1.807) is 0 Å². The number of nitrogens with zero attached hydrogens (tertiary/aromatic N) is 2. The first kappa shape index (κ1) is 43.6. The van der Waals surface area contributed by atoms with E-state index in [1.807, 2.05) is 95.3 Å². The van der Waals surface area contributed by atoms with E-state index < -0.39 is 47.3 Å². The largest absolute Gasteiger partial charge is 0.344 e. The Bertz CT molecular complexity index is 1540. The average Bonchev–Trinajstić information content (AvgIpc) is 3.91. The van der Waals surface area contributed by atoms with Gasteiger partial charge in [-0.1, -0.05) is 95.3 Å². The van der Waals surface area contributed by atoms with Crippen molar-refractivity contribution < 1.29 is 24.0 Å². The zero-order chi connectivity index (χ0) is 40.0. The minimum atomic E-state index is -0.982. The lowest BCUT2D eigenvalue weighted by Crippen LogP contribution is -2.58. The number of hydrogen-bond acceptors (Lipinski definition) is 7. The van der Waals surface area contributed by atoms with E-state index in [9.17, 15) is 24.0 Å². The standard InChI is InChI=1S/C44H66N6O5/c1-31(2)28-36(40(52)44(5)21-22-44)46-43(55)38(30-34-16-11-8-12-17-34)48-42(54)37(29-32(3)4)47-41(53)35(20-19-33-14-9-7-10-15-33)45-39(51)18-13-23-50-26-24-49(6)25-27-50/h7-12,14-17,31-32,35-38H,13,18-30H2,1-6H3,(H,45,51)(H,46,55)(H,47,53)(H,48,54)/t35-,36-,37-,38-/m0/s1. The second-order valence-corrected chi connectivity index (χ2v) is 17.0. The molecule has 2 aromatic rings. The number of nitrogens with one attached hydrogen (secondary N) is 4. The van der Waals surface area contributed by atoms with Crippen LogP contribution < -0.4 is 21.3 Å². The number of rotatable bonds is 22. The van der Waals surface area contributed by atoms with Gasteiger partial charge in [0.25, 0.3) is 0 Å². The molecule has 1 aliphatic heterocycles. The molecule has 4 atom stereocenters. The third-order valence-electron chi connectivity index (χ3n) is 10.9. The van der Waals surface area contributed by atoms with Crippen LogP contribution in [0.2, 0.25) is 0 Å². The number of ketones is 1. The van der Waals surface area contributed by atoms with Gasteiger partial charge in [-0.25, -0.2) is 0 Å². The number of amides is 4. The molecule has 2 fully saturated rings. The van der Waals surface area contributed by atoms with Crippen molar-refractivity contribution in [2.45, 2.75) is 117 Å². The fourth-order valence-corrected chi connectivity index (χ4v) is 7.16. The quantitative estimate of drug-likeness (QED) is 0.141. The van der Waals surface area contributed by atoms with Crippen molar-refractivity contribution in [2.24, 2.45) is 17.3 Å². The minimum Gasteiger partial charge on any atom is -0.344 e. The van der Waals surface area contributed by atoms with Gasteiger partial charge < -0.3 is 31.1 Å². The molecule has 4 amide bonds. The van der Waals surface area contributed by atoms with Crippen LogP contribution in [0, 0.1) is 17.3 Å². The average molecular weight is 759 g/mol. The number of carbonyl (C=O) groups excluding carboxylic acids is 5. The topological polar surface area (TPSA) is 140 Å². The Morgan fingerprint density at radius 1 is 0.655 bits per heavy atom. The highest BCUT2D eigenvalue weighted by atomic mass is 16.2. The van der Waals surface area contributed by atoms with Gasteiger partial charge in [0.05, 0.1) is 6.04 Å². The van der Waals surface area contributed by atoms with Crippen LogP contribution in [0.4, 0.5) is 0 Å². The van der Waals surface area contributed by atoms with Crippen LogP contribution in [0.3, 0.4) is 0 Å². The molecule has 2 aliphatic rings. The maximum absolute atomic E-state index is 14.2. The Morgan fingerprint density at radius 2 is 1.16 bits per heavy atom. The van der Waals surface area contributed by atoms with Crippen molar-refractivity contribution in [1.82, 2.24) is 31.1 Å². The molecule has 1 aliphatic carbocycles. The van der Waals surface area contributed by atoms with Crippen LogP contribution in [0.15, 0.2) is 60.7 Å². The summed E-state index contributed by atoms with van der Waals surface area (Å²) < 4.78 is 0. The normalized spacial score (nSPS) is 17.8. The van der Waals surface area contributed by atoms with E-state index in [1.165, 1.54) is 0 Å². The molecule has 4 rings (SSSR count). The van der Waals surface area contributed by atoms with Crippen molar-refractivity contribution in [3.8, 4) is 0 Å². The third-order valence-corrected chi connectivity index (χ3v) is 10.9. The number of aryl methyl sites for hydroxylation is 1. The van der Waals surface area contributed by atoms with Gasteiger partial charge in [0.2, 0.25) is 23.6 Å². The van der Waals surface area contributed by atoms with Crippen LogP contribution >= 0.6 is 0 Å². The first-order valence-electron chi connectivity index (χ1n) is 20.5. The molecule has 4 N–H and O–H groups in total. The molecule has 0 unspecified atom stereocenters. The molecule has 1 saturated carbocycles. The summed E-state index contributed by atoms with van der Waals surface area (Å²) in [6.45, 7) is 14.7. The Morgan fingerprint density at radius 3 is 1.75 bits per heavy atom. The molecule has 0 radical (unpaired) electrons. The molecule has 0 spiro atoms. The molecule has 2 aromatic carbocycles. The van der Waals surface area contributed by atoms with Crippen molar-refractivity contribution >= 4 is 29.4 Å². The zero-order valence-electron chi connectivity index (χ0n) is 34.1. The monoisotopic (exact) mass is 759 g/mol. The lowest BCUT2D eigenvalue weighted by Gasteiger charge is -2.32. The first-order chi connectivity index (χ1) is 26.2. The van der Waals surface area contributed by atoms with Gasteiger partial charge in [0.1, 0.15) is 18.1 Å². The Hall–Kier alpha value is -4.09. The maximum Gasteiger partial charge on any atom is 0.243 e. The predicted molar refractivity (Wildman–Crippen MR) is 217 cm³/mol.